The molecule has 1 amide bonds. The molecule has 0 fully saturated rings. The minimum Gasteiger partial charge on any atom is -0.496 e. The molecule has 0 aliphatic rings. The number of carbonyl (C=O) groups is 1. The first-order chi connectivity index (χ1) is 9.10. The van der Waals surface area contributed by atoms with Gasteiger partial charge >= 0.3 is 0 Å². The number of nitrogens with one attached hydrogen (secondary N) is 1. The third kappa shape index (κ3) is 3.06. The second kappa shape index (κ2) is 5.47. The van der Waals surface area contributed by atoms with Crippen molar-refractivity contribution in [3.8, 4) is 5.75 Å². The van der Waals surface area contributed by atoms with Gasteiger partial charge in [-0.3, -0.25) is 10.1 Å². The molecule has 0 bridgehead atoms. The van der Waals surface area contributed by atoms with E-state index in [0.29, 0.717) is 11.7 Å². The number of hydrogen-bond acceptors (Lipinski definition) is 5. The van der Waals surface area contributed by atoms with Crippen LogP contribution in [0.4, 0.5) is 5.95 Å². The molecule has 0 atom stereocenters. The van der Waals surface area contributed by atoms with E-state index in [1.807, 2.05) is 25.1 Å². The van der Waals surface area contributed by atoms with Crippen LogP contribution in [0.3, 0.4) is 0 Å². The molecular weight excluding hydrogens is 246 g/mol. The van der Waals surface area contributed by atoms with Crippen LogP contribution in [0.15, 0.2) is 18.2 Å². The number of rotatable bonds is 4. The van der Waals surface area contributed by atoms with E-state index < -0.39 is 0 Å². The molecule has 0 aliphatic carbocycles. The molecule has 0 saturated heterocycles. The molecule has 7 nitrogen and oxygen atoms in total. The first-order valence-electron chi connectivity index (χ1n) is 5.76. The van der Waals surface area contributed by atoms with Crippen molar-refractivity contribution in [2.75, 3.05) is 12.4 Å². The number of benzene rings is 1. The predicted octanol–water partition coefficient (Wildman–Crippen LogP) is 0.708. The van der Waals surface area contributed by atoms with Gasteiger partial charge in [0.1, 0.15) is 5.75 Å². The Morgan fingerprint density at radius 2 is 2.26 bits per heavy atom. The molecule has 19 heavy (non-hydrogen) atoms. The van der Waals surface area contributed by atoms with Gasteiger partial charge in [-0.15, -0.1) is 0 Å². The number of aromatic nitrogens is 4. The number of carbonyl (C=O) groups excluding carboxylic acids is 1. The summed E-state index contributed by atoms with van der Waals surface area (Å²) in [6.45, 7) is 1.97. The Morgan fingerprint density at radius 3 is 2.89 bits per heavy atom. The summed E-state index contributed by atoms with van der Waals surface area (Å²) in [4.78, 5) is 11.9. The molecule has 2 rings (SSSR count). The average molecular weight is 261 g/mol. The second-order valence-electron chi connectivity index (χ2n) is 4.17. The van der Waals surface area contributed by atoms with E-state index in [4.69, 9.17) is 4.74 Å². The average Bonchev–Trinajstić information content (AvgIpc) is 2.75. The Bertz CT molecular complexity index is 594. The van der Waals surface area contributed by atoms with Crippen LogP contribution in [0.1, 0.15) is 11.1 Å². The van der Waals surface area contributed by atoms with Crippen molar-refractivity contribution in [2.45, 2.75) is 13.3 Å². The Kier molecular flexibility index (Phi) is 3.74. The number of tetrazole rings is 1. The molecule has 2 aromatic rings. The summed E-state index contributed by atoms with van der Waals surface area (Å²) in [5.74, 6) is 0.815. The lowest BCUT2D eigenvalue weighted by Crippen LogP contribution is -2.17. The van der Waals surface area contributed by atoms with E-state index in [2.05, 4.69) is 20.8 Å². The lowest BCUT2D eigenvalue weighted by atomic mass is 10.1. The summed E-state index contributed by atoms with van der Waals surface area (Å²) in [6, 6.07) is 5.71. The molecule has 1 N–H and O–H groups in total. The van der Waals surface area contributed by atoms with Gasteiger partial charge in [-0.2, -0.15) is 0 Å². The van der Waals surface area contributed by atoms with Gasteiger partial charge in [0, 0.05) is 12.6 Å². The van der Waals surface area contributed by atoms with Crippen LogP contribution >= 0.6 is 0 Å². The van der Waals surface area contributed by atoms with Crippen LogP contribution in [0, 0.1) is 6.92 Å². The highest BCUT2D eigenvalue weighted by Gasteiger charge is 2.11. The topological polar surface area (TPSA) is 81.9 Å². The SMILES string of the molecule is COc1ccc(C)cc1CC(=O)Nc1nnnn1C. The van der Waals surface area contributed by atoms with Gasteiger partial charge in [0.25, 0.3) is 0 Å². The van der Waals surface area contributed by atoms with Gasteiger partial charge in [-0.05, 0) is 23.4 Å². The van der Waals surface area contributed by atoms with Crippen molar-refractivity contribution in [3.63, 3.8) is 0 Å². The highest BCUT2D eigenvalue weighted by Crippen LogP contribution is 2.20. The Balaban J connectivity index is 2.11. The van der Waals surface area contributed by atoms with E-state index in [-0.39, 0.29) is 12.3 Å². The van der Waals surface area contributed by atoms with Crippen LogP contribution < -0.4 is 10.1 Å². The molecule has 0 saturated carbocycles. The van der Waals surface area contributed by atoms with Gasteiger partial charge in [0.2, 0.25) is 11.9 Å². The summed E-state index contributed by atoms with van der Waals surface area (Å²) >= 11 is 0. The van der Waals surface area contributed by atoms with E-state index >= 15 is 0 Å². The van der Waals surface area contributed by atoms with Crippen LogP contribution in [-0.2, 0) is 18.3 Å². The van der Waals surface area contributed by atoms with E-state index in [0.717, 1.165) is 11.1 Å². The highest BCUT2D eigenvalue weighted by atomic mass is 16.5. The van der Waals surface area contributed by atoms with Crippen LogP contribution in [0.25, 0.3) is 0 Å². The molecule has 0 spiro atoms. The minimum atomic E-state index is -0.193. The molecule has 0 aliphatic heterocycles. The van der Waals surface area contributed by atoms with Crippen LogP contribution in [0.2, 0.25) is 0 Å². The molecule has 0 radical (unpaired) electrons. The van der Waals surface area contributed by atoms with Crippen LogP contribution in [0.5, 0.6) is 5.75 Å². The molecule has 7 heteroatoms. The number of hydrogen-bond donors (Lipinski definition) is 1. The summed E-state index contributed by atoms with van der Waals surface area (Å²) < 4.78 is 6.63. The zero-order valence-corrected chi connectivity index (χ0v) is 11.0. The largest absolute Gasteiger partial charge is 0.496 e. The molecule has 1 aromatic heterocycles. The van der Waals surface area contributed by atoms with Crippen molar-refractivity contribution >= 4 is 11.9 Å². The standard InChI is InChI=1S/C12H15N5O2/c1-8-4-5-10(19-3)9(6-8)7-11(18)13-12-14-15-16-17(12)2/h4-6H,7H2,1-3H3,(H,13,14,16,18). The van der Waals surface area contributed by atoms with Gasteiger partial charge in [-0.1, -0.05) is 22.8 Å². The molecule has 1 aromatic carbocycles. The Hall–Kier alpha value is -2.44. The maximum absolute atomic E-state index is 11.9. The van der Waals surface area contributed by atoms with Crippen molar-refractivity contribution in [3.05, 3.63) is 29.3 Å². The lowest BCUT2D eigenvalue weighted by Gasteiger charge is -2.09. The van der Waals surface area contributed by atoms with Crippen molar-refractivity contribution in [2.24, 2.45) is 7.05 Å². The fourth-order valence-electron chi connectivity index (χ4n) is 1.72. The van der Waals surface area contributed by atoms with Gasteiger partial charge in [0.05, 0.1) is 13.5 Å². The van der Waals surface area contributed by atoms with Gasteiger partial charge in [0.15, 0.2) is 0 Å². The first kappa shape index (κ1) is 13.0. The second-order valence-corrected chi connectivity index (χ2v) is 4.17. The molecule has 100 valence electrons. The zero-order chi connectivity index (χ0) is 13.8. The fraction of sp³-hybridized carbons (Fsp3) is 0.333. The van der Waals surface area contributed by atoms with E-state index in [1.165, 1.54) is 4.68 Å². The number of anilines is 1. The van der Waals surface area contributed by atoms with Crippen molar-refractivity contribution in [1.29, 1.82) is 0 Å². The quantitative estimate of drug-likeness (QED) is 0.876. The number of methoxy groups -OCH3 is 1. The summed E-state index contributed by atoms with van der Waals surface area (Å²) in [5.41, 5.74) is 1.90. The predicted molar refractivity (Wildman–Crippen MR) is 68.9 cm³/mol. The zero-order valence-electron chi connectivity index (χ0n) is 11.0. The summed E-state index contributed by atoms with van der Waals surface area (Å²) in [5, 5.41) is 13.4. The normalized spacial score (nSPS) is 10.3. The Labute approximate surface area is 110 Å². The van der Waals surface area contributed by atoms with E-state index in [1.54, 1.807) is 14.2 Å². The highest BCUT2D eigenvalue weighted by molar-refractivity contribution is 5.91. The minimum absolute atomic E-state index is 0.193. The van der Waals surface area contributed by atoms with Gasteiger partial charge < -0.3 is 4.74 Å². The first-order valence-corrected chi connectivity index (χ1v) is 5.76. The third-order valence-corrected chi connectivity index (χ3v) is 2.66. The number of nitrogens with zero attached hydrogens (tertiary/aromatic N) is 4. The maximum atomic E-state index is 11.9. The summed E-state index contributed by atoms with van der Waals surface area (Å²) in [7, 11) is 3.24. The fourth-order valence-corrected chi connectivity index (χ4v) is 1.72. The Morgan fingerprint density at radius 1 is 1.47 bits per heavy atom. The number of ether oxygens (including phenoxy) is 1. The molecule has 1 heterocycles. The number of aryl methyl sites for hydroxylation is 2. The molecular formula is C12H15N5O2. The lowest BCUT2D eigenvalue weighted by molar-refractivity contribution is -0.115. The summed E-state index contributed by atoms with van der Waals surface area (Å²) in [6.07, 6.45) is 0.206. The van der Waals surface area contributed by atoms with Crippen molar-refractivity contribution < 1.29 is 9.53 Å². The maximum Gasteiger partial charge on any atom is 0.249 e. The van der Waals surface area contributed by atoms with Crippen molar-refractivity contribution in [1.82, 2.24) is 20.2 Å². The monoisotopic (exact) mass is 261 g/mol. The van der Waals surface area contributed by atoms with Crippen LogP contribution in [-0.4, -0.2) is 33.2 Å². The van der Waals surface area contributed by atoms with E-state index in [9.17, 15) is 4.79 Å². The molecule has 0 unspecified atom stereocenters. The smallest absolute Gasteiger partial charge is 0.249 e. The third-order valence-electron chi connectivity index (χ3n) is 2.66. The number of amides is 1. The van der Waals surface area contributed by atoms with Gasteiger partial charge in [-0.25, -0.2) is 4.68 Å².